The summed E-state index contributed by atoms with van der Waals surface area (Å²) in [5.41, 5.74) is 1.61. The van der Waals surface area contributed by atoms with Crippen LogP contribution >= 0.6 is 0 Å². The molecule has 0 saturated carbocycles. The average Bonchev–Trinajstić information content (AvgIpc) is 3.53. The van der Waals surface area contributed by atoms with E-state index in [9.17, 15) is 22.8 Å². The van der Waals surface area contributed by atoms with Crippen LogP contribution in [0.4, 0.5) is 0 Å². The number of sulfonamides is 1. The van der Waals surface area contributed by atoms with E-state index in [1.54, 1.807) is 55.6 Å². The Morgan fingerprint density at radius 3 is 2.28 bits per heavy atom. The van der Waals surface area contributed by atoms with Crippen molar-refractivity contribution < 1.29 is 27.5 Å². The fraction of sp³-hybridized carbons (Fsp3) is 0.393. The molecule has 0 aromatic heterocycles. The summed E-state index contributed by atoms with van der Waals surface area (Å²) in [6.45, 7) is 2.86. The van der Waals surface area contributed by atoms with Crippen LogP contribution in [-0.2, 0) is 19.6 Å². The lowest BCUT2D eigenvalue weighted by Gasteiger charge is -2.35. The Bertz CT molecular complexity index is 1450. The third-order valence-corrected chi connectivity index (χ3v) is 9.64. The second-order valence-corrected chi connectivity index (χ2v) is 12.0. The Labute approximate surface area is 228 Å². The lowest BCUT2D eigenvalue weighted by molar-refractivity contribution is -0.131. The number of nitrogens with one attached hydrogen (secondary N) is 1. The number of aryl methyl sites for hydroxylation is 1. The standard InChI is InChI=1S/C28H32N4O6S/c1-18-8-10-21(11-9-18)39(36,37)32-16-19-14-20(32)15-30(19)17-24(33)31(12-13-38-3)26-25(29-2)27(34)22-6-4-5-7-23(22)28(26)35/h4-11,19-20,29H,12-17H2,1-3H3/t19-,20+/m0/s1. The van der Waals surface area contributed by atoms with Crippen molar-refractivity contribution in [2.75, 3.05) is 46.9 Å². The number of methoxy groups -OCH3 is 1. The van der Waals surface area contributed by atoms with E-state index in [2.05, 4.69) is 5.32 Å². The average molecular weight is 553 g/mol. The molecule has 0 radical (unpaired) electrons. The molecule has 2 aromatic rings. The largest absolute Gasteiger partial charge is 0.383 e. The van der Waals surface area contributed by atoms with Crippen LogP contribution < -0.4 is 5.32 Å². The highest BCUT2D eigenvalue weighted by molar-refractivity contribution is 7.89. The van der Waals surface area contributed by atoms with Gasteiger partial charge in [-0.2, -0.15) is 4.31 Å². The van der Waals surface area contributed by atoms with E-state index in [0.717, 1.165) is 5.56 Å². The van der Waals surface area contributed by atoms with Crippen LogP contribution in [0.5, 0.6) is 0 Å². The van der Waals surface area contributed by atoms with Crippen molar-refractivity contribution >= 4 is 27.5 Å². The van der Waals surface area contributed by atoms with Gasteiger partial charge in [-0.25, -0.2) is 8.42 Å². The number of allylic oxidation sites excluding steroid dienone is 2. The number of nitrogens with zero attached hydrogens (tertiary/aromatic N) is 3. The molecule has 0 unspecified atom stereocenters. The molecule has 10 nitrogen and oxygen atoms in total. The maximum Gasteiger partial charge on any atom is 0.243 e. The van der Waals surface area contributed by atoms with Gasteiger partial charge < -0.3 is 15.0 Å². The molecule has 11 heteroatoms. The van der Waals surface area contributed by atoms with Crippen LogP contribution in [0.1, 0.15) is 32.7 Å². The number of ether oxygens (including phenoxy) is 1. The first-order chi connectivity index (χ1) is 18.7. The zero-order valence-electron chi connectivity index (χ0n) is 22.2. The van der Waals surface area contributed by atoms with Gasteiger partial charge in [0.25, 0.3) is 0 Å². The highest BCUT2D eigenvalue weighted by Crippen LogP contribution is 2.35. The molecular weight excluding hydrogens is 520 g/mol. The first-order valence-corrected chi connectivity index (χ1v) is 14.3. The number of piperazine rings is 1. The van der Waals surface area contributed by atoms with Crippen molar-refractivity contribution in [2.45, 2.75) is 30.3 Å². The molecule has 2 heterocycles. The van der Waals surface area contributed by atoms with Gasteiger partial charge in [-0.15, -0.1) is 0 Å². The summed E-state index contributed by atoms with van der Waals surface area (Å²) in [5.74, 6) is -1.11. The normalized spacial score (nSPS) is 21.4. The van der Waals surface area contributed by atoms with Crippen LogP contribution in [-0.4, -0.2) is 99.0 Å². The monoisotopic (exact) mass is 552 g/mol. The zero-order chi connectivity index (χ0) is 27.9. The minimum Gasteiger partial charge on any atom is -0.383 e. The maximum absolute atomic E-state index is 13.7. The quantitative estimate of drug-likeness (QED) is 0.497. The summed E-state index contributed by atoms with van der Waals surface area (Å²) in [6, 6.07) is 13.0. The van der Waals surface area contributed by atoms with Crippen LogP contribution in [0.2, 0.25) is 0 Å². The number of Topliss-reactive ketones (excluding diaryl/α,β-unsaturated/α-hetero) is 2. The smallest absolute Gasteiger partial charge is 0.243 e. The molecule has 5 rings (SSSR count). The van der Waals surface area contributed by atoms with Crippen molar-refractivity contribution in [2.24, 2.45) is 0 Å². The summed E-state index contributed by atoms with van der Waals surface area (Å²) in [7, 11) is -0.586. The van der Waals surface area contributed by atoms with Gasteiger partial charge in [0.05, 0.1) is 18.0 Å². The molecular formula is C28H32N4O6S. The third kappa shape index (κ3) is 4.80. The zero-order valence-corrected chi connectivity index (χ0v) is 23.0. The first-order valence-electron chi connectivity index (χ1n) is 12.9. The van der Waals surface area contributed by atoms with Gasteiger partial charge in [-0.05, 0) is 25.5 Å². The third-order valence-electron chi connectivity index (χ3n) is 7.70. The Morgan fingerprint density at radius 2 is 1.69 bits per heavy atom. The minimum atomic E-state index is -3.64. The molecule has 3 aliphatic rings. The fourth-order valence-corrected chi connectivity index (χ4v) is 7.37. The number of likely N-dealkylation sites (tertiary alicyclic amines) is 1. The lowest BCUT2D eigenvalue weighted by Crippen LogP contribution is -2.52. The number of rotatable bonds is 9. The highest BCUT2D eigenvalue weighted by Gasteiger charge is 2.49. The van der Waals surface area contributed by atoms with E-state index in [1.165, 1.54) is 16.3 Å². The Hall–Kier alpha value is -3.38. The van der Waals surface area contributed by atoms with Crippen LogP contribution in [0, 0.1) is 6.92 Å². The van der Waals surface area contributed by atoms with Crippen molar-refractivity contribution in [1.82, 2.24) is 19.4 Å². The number of fused-ring (bicyclic) bond motifs is 3. The van der Waals surface area contributed by atoms with Crippen molar-refractivity contribution in [3.63, 3.8) is 0 Å². The molecule has 0 spiro atoms. The van der Waals surface area contributed by atoms with E-state index in [0.29, 0.717) is 25.1 Å². The molecule has 1 amide bonds. The van der Waals surface area contributed by atoms with Gasteiger partial charge >= 0.3 is 0 Å². The van der Waals surface area contributed by atoms with Gasteiger partial charge in [0.15, 0.2) is 0 Å². The summed E-state index contributed by atoms with van der Waals surface area (Å²) in [6.07, 6.45) is 0.631. The molecule has 2 aliphatic heterocycles. The van der Waals surface area contributed by atoms with Gasteiger partial charge in [0.2, 0.25) is 27.5 Å². The van der Waals surface area contributed by atoms with Gasteiger partial charge in [-0.3, -0.25) is 19.3 Å². The predicted molar refractivity (Wildman–Crippen MR) is 144 cm³/mol. The fourth-order valence-electron chi connectivity index (χ4n) is 5.70. The van der Waals surface area contributed by atoms with Crippen molar-refractivity contribution in [3.05, 3.63) is 76.6 Å². The molecule has 206 valence electrons. The molecule has 2 atom stereocenters. The number of hydrogen-bond acceptors (Lipinski definition) is 8. The summed E-state index contributed by atoms with van der Waals surface area (Å²) in [4.78, 5) is 44.0. The van der Waals surface area contributed by atoms with E-state index in [1.807, 2.05) is 11.8 Å². The van der Waals surface area contributed by atoms with Crippen molar-refractivity contribution in [3.8, 4) is 0 Å². The second kappa shape index (κ2) is 10.6. The number of ketones is 2. The summed E-state index contributed by atoms with van der Waals surface area (Å²) >= 11 is 0. The number of amides is 1. The molecule has 1 aliphatic carbocycles. The Kier molecular flexibility index (Phi) is 7.43. The lowest BCUT2D eigenvalue weighted by atomic mass is 9.89. The summed E-state index contributed by atoms with van der Waals surface area (Å²) in [5, 5.41) is 2.84. The highest BCUT2D eigenvalue weighted by atomic mass is 32.2. The van der Waals surface area contributed by atoms with Crippen LogP contribution in [0.15, 0.2) is 64.8 Å². The number of benzene rings is 2. The molecule has 1 N–H and O–H groups in total. The van der Waals surface area contributed by atoms with Gasteiger partial charge in [0.1, 0.15) is 11.4 Å². The van der Waals surface area contributed by atoms with Crippen LogP contribution in [0.3, 0.4) is 0 Å². The number of carbonyl (C=O) groups is 3. The Morgan fingerprint density at radius 1 is 1.03 bits per heavy atom. The van der Waals surface area contributed by atoms with Gasteiger partial charge in [-0.1, -0.05) is 42.0 Å². The van der Waals surface area contributed by atoms with E-state index in [4.69, 9.17) is 4.74 Å². The number of likely N-dealkylation sites (N-methyl/N-ethyl adjacent to an activating group) is 1. The van der Waals surface area contributed by atoms with Gasteiger partial charge in [0, 0.05) is 57.0 Å². The first kappa shape index (κ1) is 27.2. The SMILES string of the molecule is CNC1=C(N(CCOC)C(=O)CN2C[C@H]3C[C@H]2CN3S(=O)(=O)c2ccc(C)cc2)C(=O)c2ccccc2C1=O. The van der Waals surface area contributed by atoms with E-state index in [-0.39, 0.29) is 65.3 Å². The van der Waals surface area contributed by atoms with E-state index < -0.39 is 15.8 Å². The van der Waals surface area contributed by atoms with Crippen molar-refractivity contribution in [1.29, 1.82) is 0 Å². The second-order valence-electron chi connectivity index (χ2n) is 10.1. The summed E-state index contributed by atoms with van der Waals surface area (Å²) < 4.78 is 33.3. The molecule has 39 heavy (non-hydrogen) atoms. The maximum atomic E-state index is 13.7. The topological polar surface area (TPSA) is 116 Å². The Balaban J connectivity index is 1.36. The van der Waals surface area contributed by atoms with Crippen LogP contribution in [0.25, 0.3) is 0 Å². The molecule has 2 saturated heterocycles. The number of hydrogen-bond donors (Lipinski definition) is 1. The molecule has 2 fully saturated rings. The predicted octanol–water partition coefficient (Wildman–Crippen LogP) is 1.43. The molecule has 2 aromatic carbocycles. The number of carbonyl (C=O) groups excluding carboxylic acids is 3. The molecule has 2 bridgehead atoms. The van der Waals surface area contributed by atoms with E-state index >= 15 is 0 Å². The minimum absolute atomic E-state index is 0.00703.